The van der Waals surface area contributed by atoms with Gasteiger partial charge in [-0.3, -0.25) is 4.79 Å². The highest BCUT2D eigenvalue weighted by Crippen LogP contribution is 2.49. The number of nitro groups is 1. The molecule has 1 amide bonds. The first-order valence-electron chi connectivity index (χ1n) is 5.82. The summed E-state index contributed by atoms with van der Waals surface area (Å²) in [6.45, 7) is 2.00. The molecule has 2 aliphatic rings. The summed E-state index contributed by atoms with van der Waals surface area (Å²) in [4.78, 5) is 27.5. The summed E-state index contributed by atoms with van der Waals surface area (Å²) in [6, 6.07) is 0. The number of thioether (sulfide) groups is 1. The molecule has 0 aliphatic carbocycles. The van der Waals surface area contributed by atoms with Gasteiger partial charge in [-0.25, -0.2) is 4.57 Å². The molecule has 0 spiro atoms. The molecule has 1 unspecified atom stereocenters. The van der Waals surface area contributed by atoms with Crippen LogP contribution in [0.1, 0.15) is 12.3 Å². The fraction of sp³-hybridized carbons (Fsp3) is 0.600. The summed E-state index contributed by atoms with van der Waals surface area (Å²) in [5.74, 6) is -0.712. The van der Waals surface area contributed by atoms with Gasteiger partial charge in [0.05, 0.1) is 23.9 Å². The van der Waals surface area contributed by atoms with Crippen LogP contribution in [0, 0.1) is 16.0 Å². The van der Waals surface area contributed by atoms with Crippen molar-refractivity contribution in [2.45, 2.75) is 23.8 Å². The SMILES string of the molecule is C[C@@H](O)[C@H]1C(=O)N2CC(n3ccnc3[N+](=O)[O-])S[C@H]12. The predicted octanol–water partition coefficient (Wildman–Crippen LogP) is 0.202. The highest BCUT2D eigenvalue weighted by molar-refractivity contribution is 8.00. The fourth-order valence-corrected chi connectivity index (χ4v) is 4.26. The highest BCUT2D eigenvalue weighted by Gasteiger charge is 2.56. The number of aromatic nitrogens is 2. The van der Waals surface area contributed by atoms with Crippen LogP contribution in [0.3, 0.4) is 0 Å². The zero-order valence-electron chi connectivity index (χ0n) is 10.0. The van der Waals surface area contributed by atoms with Crippen molar-refractivity contribution in [2.75, 3.05) is 6.54 Å². The van der Waals surface area contributed by atoms with E-state index in [4.69, 9.17) is 0 Å². The van der Waals surface area contributed by atoms with Crippen molar-refractivity contribution in [3.05, 3.63) is 22.5 Å². The number of aliphatic hydroxyl groups excluding tert-OH is 1. The van der Waals surface area contributed by atoms with E-state index in [2.05, 4.69) is 4.98 Å². The van der Waals surface area contributed by atoms with Crippen LogP contribution in [0.25, 0.3) is 0 Å². The maximum absolute atomic E-state index is 11.8. The molecule has 3 heterocycles. The van der Waals surface area contributed by atoms with E-state index in [1.54, 1.807) is 18.0 Å². The molecule has 4 atom stereocenters. The van der Waals surface area contributed by atoms with Crippen LogP contribution in [0.2, 0.25) is 0 Å². The molecular weight excluding hydrogens is 272 g/mol. The van der Waals surface area contributed by atoms with Gasteiger partial charge in [-0.2, -0.15) is 0 Å². The minimum Gasteiger partial charge on any atom is -0.392 e. The van der Waals surface area contributed by atoms with Crippen molar-refractivity contribution in [3.63, 3.8) is 0 Å². The molecule has 0 radical (unpaired) electrons. The number of amides is 1. The topological polar surface area (TPSA) is 102 Å². The van der Waals surface area contributed by atoms with Gasteiger partial charge in [0.1, 0.15) is 17.8 Å². The number of aliphatic hydroxyl groups is 1. The van der Waals surface area contributed by atoms with Crippen LogP contribution in [0.5, 0.6) is 0 Å². The number of hydrogen-bond donors (Lipinski definition) is 1. The molecule has 0 aromatic carbocycles. The number of fused-ring (bicyclic) bond motifs is 1. The van der Waals surface area contributed by atoms with Crippen molar-refractivity contribution in [3.8, 4) is 0 Å². The van der Waals surface area contributed by atoms with Gasteiger partial charge in [-0.1, -0.05) is 16.7 Å². The fourth-order valence-electron chi connectivity index (χ4n) is 2.54. The average molecular weight is 284 g/mol. The summed E-state index contributed by atoms with van der Waals surface area (Å²) in [5, 5.41) is 20.1. The summed E-state index contributed by atoms with van der Waals surface area (Å²) in [7, 11) is 0. The standard InChI is InChI=1S/C10H12N4O4S/c1-5(15)7-8(16)13-4-6(19-9(7)13)12-3-2-11-10(12)14(17)18/h2-3,5-7,9,15H,4H2,1H3/t5-,6?,7+,9-/m1/s1. The Morgan fingerprint density at radius 2 is 2.42 bits per heavy atom. The second-order valence-electron chi connectivity index (χ2n) is 4.63. The Morgan fingerprint density at radius 3 is 3.05 bits per heavy atom. The molecule has 8 nitrogen and oxygen atoms in total. The average Bonchev–Trinajstić information content (AvgIpc) is 2.91. The van der Waals surface area contributed by atoms with E-state index in [1.165, 1.54) is 22.5 Å². The first-order chi connectivity index (χ1) is 9.00. The van der Waals surface area contributed by atoms with E-state index in [0.29, 0.717) is 6.54 Å². The third-order valence-corrected chi connectivity index (χ3v) is 4.99. The van der Waals surface area contributed by atoms with E-state index in [1.807, 2.05) is 0 Å². The Morgan fingerprint density at radius 1 is 1.68 bits per heavy atom. The molecular formula is C10H12N4O4S. The first-order valence-corrected chi connectivity index (χ1v) is 6.76. The van der Waals surface area contributed by atoms with Gasteiger partial charge >= 0.3 is 5.95 Å². The molecule has 1 aromatic rings. The summed E-state index contributed by atoms with van der Waals surface area (Å²) < 4.78 is 1.47. The Kier molecular flexibility index (Phi) is 2.75. The highest BCUT2D eigenvalue weighted by atomic mass is 32.2. The molecule has 9 heteroatoms. The lowest BCUT2D eigenvalue weighted by molar-refractivity contribution is -0.396. The molecule has 2 saturated heterocycles. The van der Waals surface area contributed by atoms with E-state index in [0.717, 1.165) is 0 Å². The lowest BCUT2D eigenvalue weighted by Crippen LogP contribution is -2.60. The Hall–Kier alpha value is -1.61. The van der Waals surface area contributed by atoms with Gasteiger partial charge in [0, 0.05) is 0 Å². The molecule has 0 bridgehead atoms. The van der Waals surface area contributed by atoms with E-state index >= 15 is 0 Å². The number of rotatable bonds is 3. The molecule has 2 fully saturated rings. The van der Waals surface area contributed by atoms with E-state index in [9.17, 15) is 20.0 Å². The number of carbonyl (C=O) groups is 1. The van der Waals surface area contributed by atoms with Gasteiger partial charge in [-0.05, 0) is 11.8 Å². The smallest absolute Gasteiger partial charge is 0.392 e. The zero-order chi connectivity index (χ0) is 13.7. The molecule has 0 saturated carbocycles. The number of imidazole rings is 1. The molecule has 1 N–H and O–H groups in total. The van der Waals surface area contributed by atoms with Gasteiger partial charge in [0.25, 0.3) is 0 Å². The van der Waals surface area contributed by atoms with Gasteiger partial charge in [0.2, 0.25) is 5.91 Å². The Bertz CT molecular complexity index is 545. The van der Waals surface area contributed by atoms with Crippen molar-refractivity contribution in [1.82, 2.24) is 14.5 Å². The van der Waals surface area contributed by atoms with Crippen LogP contribution in [-0.2, 0) is 4.79 Å². The second kappa shape index (κ2) is 4.20. The summed E-state index contributed by atoms with van der Waals surface area (Å²) in [6.07, 6.45) is 2.23. The first kappa shape index (κ1) is 12.4. The second-order valence-corrected chi connectivity index (χ2v) is 5.93. The van der Waals surface area contributed by atoms with Crippen LogP contribution in [0.15, 0.2) is 12.4 Å². The molecule has 1 aromatic heterocycles. The van der Waals surface area contributed by atoms with Crippen molar-refractivity contribution < 1.29 is 14.8 Å². The van der Waals surface area contributed by atoms with Crippen LogP contribution >= 0.6 is 11.8 Å². The largest absolute Gasteiger partial charge is 0.435 e. The normalized spacial score (nSPS) is 30.9. The van der Waals surface area contributed by atoms with Gasteiger partial charge in [-0.15, -0.1) is 0 Å². The maximum Gasteiger partial charge on any atom is 0.435 e. The molecule has 2 aliphatic heterocycles. The lowest BCUT2D eigenvalue weighted by Gasteiger charge is -2.42. The maximum atomic E-state index is 11.8. The monoisotopic (exact) mass is 284 g/mol. The van der Waals surface area contributed by atoms with Crippen molar-refractivity contribution in [2.24, 2.45) is 5.92 Å². The van der Waals surface area contributed by atoms with Crippen LogP contribution in [-0.4, -0.2) is 48.4 Å². The van der Waals surface area contributed by atoms with E-state index in [-0.39, 0.29) is 22.6 Å². The number of β-lactam (4-membered cyclic amide) rings is 1. The molecule has 102 valence electrons. The van der Waals surface area contributed by atoms with Crippen molar-refractivity contribution >= 4 is 23.6 Å². The number of nitrogens with zero attached hydrogens (tertiary/aromatic N) is 4. The van der Waals surface area contributed by atoms with Crippen molar-refractivity contribution in [1.29, 1.82) is 0 Å². The minimum atomic E-state index is -0.697. The summed E-state index contributed by atoms with van der Waals surface area (Å²) in [5.41, 5.74) is 0. The van der Waals surface area contributed by atoms with Gasteiger partial charge < -0.3 is 20.1 Å². The predicted molar refractivity (Wildman–Crippen MR) is 66.2 cm³/mol. The zero-order valence-corrected chi connectivity index (χ0v) is 10.9. The number of carbonyl (C=O) groups excluding carboxylic acids is 1. The minimum absolute atomic E-state index is 0.0854. The Labute approximate surface area is 112 Å². The molecule has 19 heavy (non-hydrogen) atoms. The van der Waals surface area contributed by atoms with Crippen LogP contribution < -0.4 is 0 Å². The van der Waals surface area contributed by atoms with E-state index < -0.39 is 16.9 Å². The number of hydrogen-bond acceptors (Lipinski definition) is 6. The lowest BCUT2D eigenvalue weighted by atomic mass is 9.93. The third kappa shape index (κ3) is 1.72. The quantitative estimate of drug-likeness (QED) is 0.483. The Balaban J connectivity index is 1.82. The third-order valence-electron chi connectivity index (χ3n) is 3.47. The van der Waals surface area contributed by atoms with Gasteiger partial charge in [0.15, 0.2) is 0 Å². The molecule has 3 rings (SSSR count). The summed E-state index contributed by atoms with van der Waals surface area (Å²) >= 11 is 1.45. The van der Waals surface area contributed by atoms with Crippen LogP contribution in [0.4, 0.5) is 5.95 Å².